The van der Waals surface area contributed by atoms with Gasteiger partial charge < -0.3 is 10.8 Å². The number of carbonyl (C=O) groups excluding carboxylic acids is 1. The van der Waals surface area contributed by atoms with E-state index in [1.54, 1.807) is 19.9 Å². The van der Waals surface area contributed by atoms with Gasteiger partial charge in [-0.2, -0.15) is 5.10 Å². The Hall–Kier alpha value is -2.70. The highest BCUT2D eigenvalue weighted by atomic mass is 16.3. The second-order valence-corrected chi connectivity index (χ2v) is 4.00. The van der Waals surface area contributed by atoms with E-state index in [4.69, 9.17) is 5.73 Å². The maximum absolute atomic E-state index is 11.9. The van der Waals surface area contributed by atoms with E-state index < -0.39 is 5.91 Å². The third kappa shape index (κ3) is 2.59. The van der Waals surface area contributed by atoms with Gasteiger partial charge in [0.2, 0.25) is 5.95 Å². The highest BCUT2D eigenvalue weighted by molar-refractivity contribution is 6.06. The average Bonchev–Trinajstić information content (AvgIpc) is 2.37. The summed E-state index contributed by atoms with van der Waals surface area (Å²) >= 11 is 0. The molecule has 0 fully saturated rings. The molecule has 0 radical (unpaired) electrons. The molecule has 1 amide bonds. The quantitative estimate of drug-likeness (QED) is 0.548. The standard InChI is InChI=1S/C12H13N5O2/c1-6-7(2)16-17-12(14-6)15-11(19)8-4-3-5-9(13)10(8)18/h3-5,18H,13H2,1-2H3,(H,14,15,17,19). The van der Waals surface area contributed by atoms with Crippen molar-refractivity contribution in [2.45, 2.75) is 13.8 Å². The average molecular weight is 259 g/mol. The van der Waals surface area contributed by atoms with E-state index in [0.717, 1.165) is 0 Å². The van der Waals surface area contributed by atoms with Crippen LogP contribution in [0.5, 0.6) is 5.75 Å². The number of benzene rings is 1. The molecule has 1 heterocycles. The Bertz CT molecular complexity index is 642. The largest absolute Gasteiger partial charge is 0.505 e. The summed E-state index contributed by atoms with van der Waals surface area (Å²) in [6.45, 7) is 3.53. The molecule has 0 bridgehead atoms. The number of carbonyl (C=O) groups is 1. The maximum Gasteiger partial charge on any atom is 0.261 e. The number of aromatic nitrogens is 3. The number of phenols is 1. The molecule has 0 unspecified atom stereocenters. The van der Waals surface area contributed by atoms with Crippen LogP contribution >= 0.6 is 0 Å². The third-order valence-corrected chi connectivity index (χ3v) is 2.63. The molecule has 0 atom stereocenters. The lowest BCUT2D eigenvalue weighted by molar-refractivity contribution is 0.102. The highest BCUT2D eigenvalue weighted by Crippen LogP contribution is 2.24. The molecule has 2 rings (SSSR count). The highest BCUT2D eigenvalue weighted by Gasteiger charge is 2.14. The molecular weight excluding hydrogens is 246 g/mol. The van der Waals surface area contributed by atoms with E-state index >= 15 is 0 Å². The van der Waals surface area contributed by atoms with Gasteiger partial charge in [-0.15, -0.1) is 5.10 Å². The monoisotopic (exact) mass is 259 g/mol. The van der Waals surface area contributed by atoms with Gasteiger partial charge in [-0.05, 0) is 26.0 Å². The number of nitrogens with zero attached hydrogens (tertiary/aromatic N) is 3. The predicted molar refractivity (Wildman–Crippen MR) is 69.8 cm³/mol. The van der Waals surface area contributed by atoms with Crippen molar-refractivity contribution in [3.8, 4) is 5.75 Å². The van der Waals surface area contributed by atoms with E-state index in [2.05, 4.69) is 20.5 Å². The van der Waals surface area contributed by atoms with Gasteiger partial charge in [0.15, 0.2) is 5.75 Å². The van der Waals surface area contributed by atoms with Gasteiger partial charge in [0.1, 0.15) is 0 Å². The summed E-state index contributed by atoms with van der Waals surface area (Å²) in [5, 5.41) is 19.8. The fraction of sp³-hybridized carbons (Fsp3) is 0.167. The van der Waals surface area contributed by atoms with Crippen molar-refractivity contribution in [3.63, 3.8) is 0 Å². The minimum Gasteiger partial charge on any atom is -0.505 e. The van der Waals surface area contributed by atoms with Crippen LogP contribution in [0.25, 0.3) is 0 Å². The molecule has 0 aliphatic heterocycles. The Morgan fingerprint density at radius 1 is 1.26 bits per heavy atom. The van der Waals surface area contributed by atoms with Crippen molar-refractivity contribution >= 4 is 17.5 Å². The van der Waals surface area contributed by atoms with Crippen LogP contribution in [0.15, 0.2) is 18.2 Å². The Morgan fingerprint density at radius 2 is 2.00 bits per heavy atom. The van der Waals surface area contributed by atoms with Crippen molar-refractivity contribution in [1.29, 1.82) is 0 Å². The second-order valence-electron chi connectivity index (χ2n) is 4.00. The molecule has 98 valence electrons. The molecule has 4 N–H and O–H groups in total. The number of nitrogen functional groups attached to an aromatic ring is 1. The minimum atomic E-state index is -0.546. The number of nitrogens with one attached hydrogen (secondary N) is 1. The third-order valence-electron chi connectivity index (χ3n) is 2.63. The molecule has 0 aliphatic carbocycles. The molecular formula is C12H13N5O2. The van der Waals surface area contributed by atoms with Gasteiger partial charge >= 0.3 is 0 Å². The topological polar surface area (TPSA) is 114 Å². The fourth-order valence-corrected chi connectivity index (χ4v) is 1.42. The zero-order chi connectivity index (χ0) is 14.0. The summed E-state index contributed by atoms with van der Waals surface area (Å²) in [6.07, 6.45) is 0. The lowest BCUT2D eigenvalue weighted by atomic mass is 10.1. The Kier molecular flexibility index (Phi) is 3.28. The number of nitrogens with two attached hydrogens (primary N) is 1. The molecule has 1 aromatic heterocycles. The summed E-state index contributed by atoms with van der Waals surface area (Å²) in [4.78, 5) is 16.0. The van der Waals surface area contributed by atoms with Crippen LogP contribution in [0.2, 0.25) is 0 Å². The number of para-hydroxylation sites is 1. The van der Waals surface area contributed by atoms with Crippen molar-refractivity contribution in [2.75, 3.05) is 11.1 Å². The van der Waals surface area contributed by atoms with Crippen LogP contribution in [0.4, 0.5) is 11.6 Å². The molecule has 19 heavy (non-hydrogen) atoms. The Balaban J connectivity index is 2.26. The Labute approximate surface area is 109 Å². The maximum atomic E-state index is 11.9. The van der Waals surface area contributed by atoms with Gasteiger partial charge in [-0.1, -0.05) is 6.07 Å². The summed E-state index contributed by atoms with van der Waals surface area (Å²) in [6, 6.07) is 4.53. The van der Waals surface area contributed by atoms with Crippen molar-refractivity contribution < 1.29 is 9.90 Å². The van der Waals surface area contributed by atoms with E-state index in [0.29, 0.717) is 11.4 Å². The molecule has 0 saturated carbocycles. The second kappa shape index (κ2) is 4.89. The lowest BCUT2D eigenvalue weighted by Crippen LogP contribution is -2.16. The van der Waals surface area contributed by atoms with Crippen LogP contribution < -0.4 is 11.1 Å². The van der Waals surface area contributed by atoms with Crippen LogP contribution in [0.3, 0.4) is 0 Å². The van der Waals surface area contributed by atoms with Crippen molar-refractivity contribution in [2.24, 2.45) is 0 Å². The SMILES string of the molecule is Cc1nnc(NC(=O)c2cccc(N)c2O)nc1C. The van der Waals surface area contributed by atoms with Crippen LogP contribution in [0, 0.1) is 13.8 Å². The number of hydrogen-bond acceptors (Lipinski definition) is 6. The zero-order valence-electron chi connectivity index (χ0n) is 10.5. The molecule has 0 saturated heterocycles. The zero-order valence-corrected chi connectivity index (χ0v) is 10.5. The molecule has 0 aliphatic rings. The number of aromatic hydroxyl groups is 1. The number of phenolic OH excluding ortho intramolecular Hbond substituents is 1. The summed E-state index contributed by atoms with van der Waals surface area (Å²) in [5.74, 6) is -0.735. The van der Waals surface area contributed by atoms with Crippen LogP contribution in [0.1, 0.15) is 21.7 Å². The first-order chi connectivity index (χ1) is 8.99. The van der Waals surface area contributed by atoms with Gasteiger partial charge in [0.25, 0.3) is 5.91 Å². The van der Waals surface area contributed by atoms with Crippen LogP contribution in [-0.2, 0) is 0 Å². The first-order valence-corrected chi connectivity index (χ1v) is 5.55. The number of hydrogen-bond donors (Lipinski definition) is 3. The van der Waals surface area contributed by atoms with Gasteiger partial charge in [-0.3, -0.25) is 10.1 Å². The molecule has 2 aromatic rings. The molecule has 0 spiro atoms. The van der Waals surface area contributed by atoms with Gasteiger partial charge in [0, 0.05) is 0 Å². The van der Waals surface area contributed by atoms with Crippen LogP contribution in [-0.4, -0.2) is 26.2 Å². The van der Waals surface area contributed by atoms with E-state index in [9.17, 15) is 9.90 Å². The van der Waals surface area contributed by atoms with Gasteiger partial charge in [-0.25, -0.2) is 4.98 Å². The van der Waals surface area contributed by atoms with E-state index in [1.807, 2.05) is 0 Å². The number of anilines is 2. The summed E-state index contributed by atoms with van der Waals surface area (Å²) in [7, 11) is 0. The number of rotatable bonds is 2. The smallest absolute Gasteiger partial charge is 0.261 e. The van der Waals surface area contributed by atoms with Crippen molar-refractivity contribution in [3.05, 3.63) is 35.2 Å². The molecule has 7 nitrogen and oxygen atoms in total. The van der Waals surface area contributed by atoms with E-state index in [-0.39, 0.29) is 22.9 Å². The molecule has 7 heteroatoms. The predicted octanol–water partition coefficient (Wildman–Crippen LogP) is 1.03. The molecule has 1 aromatic carbocycles. The van der Waals surface area contributed by atoms with E-state index in [1.165, 1.54) is 12.1 Å². The number of aryl methyl sites for hydroxylation is 2. The minimum absolute atomic E-state index is 0.0572. The first-order valence-electron chi connectivity index (χ1n) is 5.55. The van der Waals surface area contributed by atoms with Crippen molar-refractivity contribution in [1.82, 2.24) is 15.2 Å². The fourth-order valence-electron chi connectivity index (χ4n) is 1.42. The summed E-state index contributed by atoms with van der Waals surface area (Å²) in [5.41, 5.74) is 7.06. The summed E-state index contributed by atoms with van der Waals surface area (Å²) < 4.78 is 0. The number of amides is 1. The first kappa shape index (κ1) is 12.7. The normalized spacial score (nSPS) is 10.2. The lowest BCUT2D eigenvalue weighted by Gasteiger charge is -2.07. The van der Waals surface area contributed by atoms with Gasteiger partial charge in [0.05, 0.1) is 22.6 Å². The Morgan fingerprint density at radius 3 is 2.68 bits per heavy atom.